The highest BCUT2D eigenvalue weighted by atomic mass is 32.2. The normalized spacial score (nSPS) is 11.7. The van der Waals surface area contributed by atoms with Gasteiger partial charge in [-0.2, -0.15) is 0 Å². The molecular weight excluding hydrogens is 128 g/mol. The minimum Gasteiger partial charge on any atom is -0.134 e. The standard InChI is InChI=1S/C8H14S/c1-5-7(2)6-8(3)9-4/h6H,2,5H2,1,3-4H3/b8-6-. The first-order valence-electron chi connectivity index (χ1n) is 3.10. The quantitative estimate of drug-likeness (QED) is 0.545. The van der Waals surface area contributed by atoms with Gasteiger partial charge in [0.2, 0.25) is 0 Å². The summed E-state index contributed by atoms with van der Waals surface area (Å²) in [6, 6.07) is 0. The van der Waals surface area contributed by atoms with Gasteiger partial charge in [0, 0.05) is 0 Å². The first kappa shape index (κ1) is 8.83. The molecule has 0 amide bonds. The van der Waals surface area contributed by atoms with E-state index in [0.29, 0.717) is 0 Å². The van der Waals surface area contributed by atoms with E-state index in [1.807, 2.05) is 0 Å². The van der Waals surface area contributed by atoms with Crippen LogP contribution in [0.2, 0.25) is 0 Å². The molecule has 52 valence electrons. The first-order chi connectivity index (χ1) is 4.20. The van der Waals surface area contributed by atoms with Crippen LogP contribution >= 0.6 is 11.8 Å². The van der Waals surface area contributed by atoms with Gasteiger partial charge in [-0.15, -0.1) is 11.8 Å². The van der Waals surface area contributed by atoms with Gasteiger partial charge in [-0.05, 0) is 24.5 Å². The van der Waals surface area contributed by atoms with Gasteiger partial charge in [-0.1, -0.05) is 25.2 Å². The second-order valence-corrected chi connectivity index (χ2v) is 3.02. The Morgan fingerprint density at radius 2 is 2.22 bits per heavy atom. The zero-order valence-electron chi connectivity index (χ0n) is 6.40. The summed E-state index contributed by atoms with van der Waals surface area (Å²) in [4.78, 5) is 1.34. The molecule has 0 unspecified atom stereocenters. The van der Waals surface area contributed by atoms with Crippen molar-refractivity contribution in [1.82, 2.24) is 0 Å². The summed E-state index contributed by atoms with van der Waals surface area (Å²) in [6.45, 7) is 8.09. The third-order valence-corrected chi connectivity index (χ3v) is 1.95. The van der Waals surface area contributed by atoms with E-state index in [-0.39, 0.29) is 0 Å². The van der Waals surface area contributed by atoms with Crippen LogP contribution < -0.4 is 0 Å². The first-order valence-corrected chi connectivity index (χ1v) is 4.33. The smallest absolute Gasteiger partial charge is 0.0140 e. The van der Waals surface area contributed by atoms with Gasteiger partial charge in [0.25, 0.3) is 0 Å². The molecule has 0 saturated carbocycles. The summed E-state index contributed by atoms with van der Waals surface area (Å²) in [7, 11) is 0. The lowest BCUT2D eigenvalue weighted by Gasteiger charge is -1.95. The lowest BCUT2D eigenvalue weighted by molar-refractivity contribution is 1.16. The van der Waals surface area contributed by atoms with Crippen LogP contribution in [0.3, 0.4) is 0 Å². The average molecular weight is 142 g/mol. The molecule has 0 N–H and O–H groups in total. The van der Waals surface area contributed by atoms with Crippen LogP contribution in [0, 0.1) is 0 Å². The molecule has 0 aromatic rings. The molecule has 9 heavy (non-hydrogen) atoms. The summed E-state index contributed by atoms with van der Waals surface area (Å²) in [6.07, 6.45) is 5.26. The molecule has 0 atom stereocenters. The lowest BCUT2D eigenvalue weighted by atomic mass is 10.2. The highest BCUT2D eigenvalue weighted by Crippen LogP contribution is 2.13. The molecule has 0 heterocycles. The van der Waals surface area contributed by atoms with Crippen molar-refractivity contribution in [3.05, 3.63) is 23.1 Å². The number of hydrogen-bond donors (Lipinski definition) is 0. The maximum atomic E-state index is 3.87. The van der Waals surface area contributed by atoms with Crippen molar-refractivity contribution >= 4 is 11.8 Å². The Morgan fingerprint density at radius 1 is 1.67 bits per heavy atom. The Morgan fingerprint density at radius 3 is 2.56 bits per heavy atom. The van der Waals surface area contributed by atoms with E-state index >= 15 is 0 Å². The Kier molecular flexibility index (Phi) is 4.60. The third-order valence-electron chi connectivity index (χ3n) is 1.18. The Labute approximate surface area is 62.0 Å². The van der Waals surface area contributed by atoms with Gasteiger partial charge < -0.3 is 0 Å². The van der Waals surface area contributed by atoms with Crippen molar-refractivity contribution in [3.63, 3.8) is 0 Å². The highest BCUT2D eigenvalue weighted by Gasteiger charge is 1.85. The van der Waals surface area contributed by atoms with Gasteiger partial charge in [-0.3, -0.25) is 0 Å². The molecule has 0 radical (unpaired) electrons. The van der Waals surface area contributed by atoms with Gasteiger partial charge in [0.15, 0.2) is 0 Å². The summed E-state index contributed by atoms with van der Waals surface area (Å²) in [5.41, 5.74) is 1.21. The zero-order chi connectivity index (χ0) is 7.28. The average Bonchev–Trinajstić information content (AvgIpc) is 1.87. The van der Waals surface area contributed by atoms with Crippen molar-refractivity contribution in [2.24, 2.45) is 0 Å². The van der Waals surface area contributed by atoms with Crippen LogP contribution in [-0.4, -0.2) is 6.26 Å². The maximum absolute atomic E-state index is 3.87. The molecule has 0 rings (SSSR count). The molecule has 0 aliphatic carbocycles. The van der Waals surface area contributed by atoms with Crippen LogP contribution in [0.25, 0.3) is 0 Å². The Bertz CT molecular complexity index is 123. The second kappa shape index (κ2) is 4.68. The molecule has 1 heteroatoms. The van der Waals surface area contributed by atoms with Crippen molar-refractivity contribution < 1.29 is 0 Å². The second-order valence-electron chi connectivity index (χ2n) is 1.97. The van der Waals surface area contributed by atoms with Crippen LogP contribution in [-0.2, 0) is 0 Å². The van der Waals surface area contributed by atoms with Gasteiger partial charge >= 0.3 is 0 Å². The molecule has 0 aliphatic heterocycles. The van der Waals surface area contributed by atoms with Crippen LogP contribution in [0.1, 0.15) is 20.3 Å². The van der Waals surface area contributed by atoms with E-state index < -0.39 is 0 Å². The number of thioether (sulfide) groups is 1. The summed E-state index contributed by atoms with van der Waals surface area (Å²) < 4.78 is 0. The minimum atomic E-state index is 1.05. The summed E-state index contributed by atoms with van der Waals surface area (Å²) in [5, 5.41) is 0. The van der Waals surface area contributed by atoms with E-state index in [4.69, 9.17) is 0 Å². The third kappa shape index (κ3) is 4.34. The van der Waals surface area contributed by atoms with E-state index in [1.54, 1.807) is 11.8 Å². The number of allylic oxidation sites excluding steroid dienone is 3. The molecule has 0 nitrogen and oxygen atoms in total. The van der Waals surface area contributed by atoms with Crippen molar-refractivity contribution in [2.75, 3.05) is 6.26 Å². The predicted molar refractivity (Wildman–Crippen MR) is 46.7 cm³/mol. The SMILES string of the molecule is C=C(/C=C(/C)SC)CC. The molecule has 0 bridgehead atoms. The molecule has 0 aromatic carbocycles. The molecule has 0 fully saturated rings. The van der Waals surface area contributed by atoms with Crippen molar-refractivity contribution in [3.8, 4) is 0 Å². The predicted octanol–water partition coefficient (Wildman–Crippen LogP) is 3.22. The fourth-order valence-electron chi connectivity index (χ4n) is 0.448. The van der Waals surface area contributed by atoms with E-state index in [1.165, 1.54) is 10.5 Å². The molecule has 0 spiro atoms. The van der Waals surface area contributed by atoms with Crippen molar-refractivity contribution in [2.45, 2.75) is 20.3 Å². The van der Waals surface area contributed by atoms with Gasteiger partial charge in [-0.25, -0.2) is 0 Å². The van der Waals surface area contributed by atoms with Crippen LogP contribution in [0.15, 0.2) is 23.1 Å². The van der Waals surface area contributed by atoms with Gasteiger partial charge in [0.05, 0.1) is 0 Å². The van der Waals surface area contributed by atoms with E-state index in [0.717, 1.165) is 6.42 Å². The van der Waals surface area contributed by atoms with Gasteiger partial charge in [0.1, 0.15) is 0 Å². The topological polar surface area (TPSA) is 0 Å². The fraction of sp³-hybridized carbons (Fsp3) is 0.500. The van der Waals surface area contributed by atoms with Crippen molar-refractivity contribution in [1.29, 1.82) is 0 Å². The monoisotopic (exact) mass is 142 g/mol. The minimum absolute atomic E-state index is 1.05. The Balaban J connectivity index is 3.79. The summed E-state index contributed by atoms with van der Waals surface area (Å²) in [5.74, 6) is 0. The van der Waals surface area contributed by atoms with Crippen LogP contribution in [0.4, 0.5) is 0 Å². The lowest BCUT2D eigenvalue weighted by Crippen LogP contribution is -1.71. The Hall–Kier alpha value is -0.170. The zero-order valence-corrected chi connectivity index (χ0v) is 7.22. The number of hydrogen-bond acceptors (Lipinski definition) is 1. The van der Waals surface area contributed by atoms with E-state index in [2.05, 4.69) is 32.8 Å². The largest absolute Gasteiger partial charge is 0.134 e. The molecule has 0 saturated heterocycles. The maximum Gasteiger partial charge on any atom is -0.0140 e. The molecule has 0 aromatic heterocycles. The summed E-state index contributed by atoms with van der Waals surface area (Å²) >= 11 is 1.77. The highest BCUT2D eigenvalue weighted by molar-refractivity contribution is 8.02. The molecule has 0 aliphatic rings. The number of rotatable bonds is 3. The molecular formula is C8H14S. The van der Waals surface area contributed by atoms with E-state index in [9.17, 15) is 0 Å². The van der Waals surface area contributed by atoms with Crippen LogP contribution in [0.5, 0.6) is 0 Å². The fourth-order valence-corrected chi connectivity index (χ4v) is 0.733.